The first-order valence-corrected chi connectivity index (χ1v) is 12.4. The summed E-state index contributed by atoms with van der Waals surface area (Å²) in [5.41, 5.74) is 0.470. The van der Waals surface area contributed by atoms with Crippen molar-refractivity contribution < 1.29 is 15.0 Å². The Labute approximate surface area is 178 Å². The molecule has 10 atom stereocenters. The Morgan fingerprint density at radius 3 is 2.45 bits per heavy atom. The molecule has 4 aliphatic rings. The molecule has 2 N–H and O–H groups in total. The fraction of sp³-hybridized carbons (Fsp3) is 0.962. The van der Waals surface area contributed by atoms with Gasteiger partial charge in [-0.2, -0.15) is 0 Å². The summed E-state index contributed by atoms with van der Waals surface area (Å²) in [7, 11) is 0. The maximum absolute atomic E-state index is 11.6. The van der Waals surface area contributed by atoms with Crippen LogP contribution in [0.1, 0.15) is 98.8 Å². The first-order chi connectivity index (χ1) is 13.5. The molecule has 0 aliphatic heterocycles. The van der Waals surface area contributed by atoms with Crippen molar-refractivity contribution in [1.29, 1.82) is 0 Å². The number of Topliss-reactive ketones (excluding diaryl/α,β-unsaturated/α-hetero) is 1. The molecule has 0 unspecified atom stereocenters. The van der Waals surface area contributed by atoms with Crippen molar-refractivity contribution in [3.8, 4) is 0 Å². The van der Waals surface area contributed by atoms with Gasteiger partial charge in [0.15, 0.2) is 0 Å². The van der Waals surface area contributed by atoms with E-state index in [1.807, 2.05) is 0 Å². The fourth-order valence-corrected chi connectivity index (χ4v) is 9.17. The zero-order valence-corrected chi connectivity index (χ0v) is 19.4. The van der Waals surface area contributed by atoms with Crippen LogP contribution in [0, 0.1) is 45.8 Å². The van der Waals surface area contributed by atoms with E-state index in [2.05, 4.69) is 27.7 Å². The first-order valence-electron chi connectivity index (χ1n) is 12.4. The second-order valence-electron chi connectivity index (χ2n) is 12.3. The second kappa shape index (κ2) is 7.33. The lowest BCUT2D eigenvalue weighted by molar-refractivity contribution is -0.201. The number of hydrogen-bond acceptors (Lipinski definition) is 3. The molecule has 3 nitrogen and oxygen atoms in total. The molecule has 0 aromatic heterocycles. The van der Waals surface area contributed by atoms with Gasteiger partial charge in [0.05, 0.1) is 12.2 Å². The maximum Gasteiger partial charge on any atom is 0.129 e. The van der Waals surface area contributed by atoms with Crippen LogP contribution >= 0.6 is 0 Å². The quantitative estimate of drug-likeness (QED) is 0.662. The summed E-state index contributed by atoms with van der Waals surface area (Å²) in [5.74, 6) is 3.27. The van der Waals surface area contributed by atoms with Crippen LogP contribution in [0.25, 0.3) is 0 Å². The van der Waals surface area contributed by atoms with Crippen LogP contribution in [0.5, 0.6) is 0 Å². The zero-order chi connectivity index (χ0) is 21.2. The van der Waals surface area contributed by atoms with E-state index in [0.29, 0.717) is 35.9 Å². The third-order valence-corrected chi connectivity index (χ3v) is 11.2. The van der Waals surface area contributed by atoms with E-state index in [-0.39, 0.29) is 28.5 Å². The van der Waals surface area contributed by atoms with E-state index < -0.39 is 0 Å². The van der Waals surface area contributed by atoms with Gasteiger partial charge >= 0.3 is 0 Å². The Kier molecular flexibility index (Phi) is 5.51. The predicted molar refractivity (Wildman–Crippen MR) is 116 cm³/mol. The Morgan fingerprint density at radius 2 is 1.76 bits per heavy atom. The van der Waals surface area contributed by atoms with Crippen molar-refractivity contribution in [3.05, 3.63) is 0 Å². The normalized spacial score (nSPS) is 52.9. The van der Waals surface area contributed by atoms with Gasteiger partial charge in [0.25, 0.3) is 0 Å². The van der Waals surface area contributed by atoms with E-state index >= 15 is 0 Å². The molecule has 0 heterocycles. The molecular formula is C26H44O3. The van der Waals surface area contributed by atoms with Gasteiger partial charge in [-0.3, -0.25) is 0 Å². The number of aliphatic hydroxyl groups is 2. The van der Waals surface area contributed by atoms with Gasteiger partial charge in [-0.05, 0) is 111 Å². The summed E-state index contributed by atoms with van der Waals surface area (Å²) in [5, 5.41) is 22.0. The van der Waals surface area contributed by atoms with E-state index in [1.54, 1.807) is 6.92 Å². The average molecular weight is 405 g/mol. The van der Waals surface area contributed by atoms with E-state index in [0.717, 1.165) is 38.0 Å². The van der Waals surface area contributed by atoms with Crippen LogP contribution in [0.2, 0.25) is 0 Å². The molecule has 4 saturated carbocycles. The van der Waals surface area contributed by atoms with Gasteiger partial charge in [-0.25, -0.2) is 0 Å². The van der Waals surface area contributed by atoms with Crippen LogP contribution in [-0.2, 0) is 4.79 Å². The van der Waals surface area contributed by atoms with E-state index in [1.165, 1.54) is 25.7 Å². The molecule has 0 radical (unpaired) electrons. The summed E-state index contributed by atoms with van der Waals surface area (Å²) in [6.45, 7) is 11.3. The second-order valence-corrected chi connectivity index (χ2v) is 12.3. The number of carbonyl (C=O) groups is 1. The SMILES string of the molecule is CC(=O)CC[C@@H](C)[C@H]1CC[C@H]2[C@@H]3CC[C@]4(C)C[C@H](O)CC[C@]4(C)[C@H]3C[C@H](O)[C@]12C. The molecule has 0 saturated heterocycles. The highest BCUT2D eigenvalue weighted by atomic mass is 16.3. The monoisotopic (exact) mass is 404 g/mol. The predicted octanol–water partition coefficient (Wildman–Crippen LogP) is 5.37. The third kappa shape index (κ3) is 3.16. The van der Waals surface area contributed by atoms with Crippen LogP contribution in [0.4, 0.5) is 0 Å². The van der Waals surface area contributed by atoms with E-state index in [9.17, 15) is 15.0 Å². The summed E-state index contributed by atoms with van der Waals surface area (Å²) < 4.78 is 0. The van der Waals surface area contributed by atoms with Gasteiger partial charge in [0, 0.05) is 6.42 Å². The summed E-state index contributed by atoms with van der Waals surface area (Å²) in [6.07, 6.45) is 10.2. The minimum atomic E-state index is -0.230. The van der Waals surface area contributed by atoms with Crippen molar-refractivity contribution in [2.75, 3.05) is 0 Å². The molecule has 0 spiro atoms. The summed E-state index contributed by atoms with van der Waals surface area (Å²) in [6, 6.07) is 0. The number of carbonyl (C=O) groups excluding carboxylic acids is 1. The van der Waals surface area contributed by atoms with Gasteiger partial charge in [0.1, 0.15) is 5.78 Å². The molecule has 0 aromatic rings. The largest absolute Gasteiger partial charge is 0.393 e. The fourth-order valence-electron chi connectivity index (χ4n) is 9.17. The topological polar surface area (TPSA) is 57.5 Å². The smallest absolute Gasteiger partial charge is 0.129 e. The number of aliphatic hydroxyl groups excluding tert-OH is 2. The molecule has 4 fully saturated rings. The first kappa shape index (κ1) is 21.8. The Hall–Kier alpha value is -0.410. The minimum absolute atomic E-state index is 0.00958. The Bertz CT molecular complexity index is 646. The molecular weight excluding hydrogens is 360 g/mol. The van der Waals surface area contributed by atoms with Crippen molar-refractivity contribution in [1.82, 2.24) is 0 Å². The van der Waals surface area contributed by atoms with Crippen LogP contribution in [0.15, 0.2) is 0 Å². The van der Waals surface area contributed by atoms with Crippen LogP contribution in [0.3, 0.4) is 0 Å². The van der Waals surface area contributed by atoms with Gasteiger partial charge in [0.2, 0.25) is 0 Å². The van der Waals surface area contributed by atoms with Gasteiger partial charge in [-0.1, -0.05) is 27.7 Å². The van der Waals surface area contributed by atoms with Crippen molar-refractivity contribution in [3.63, 3.8) is 0 Å². The van der Waals surface area contributed by atoms with Crippen molar-refractivity contribution in [2.45, 2.75) is 111 Å². The third-order valence-electron chi connectivity index (χ3n) is 11.2. The lowest BCUT2D eigenvalue weighted by atomic mass is 9.39. The highest BCUT2D eigenvalue weighted by Crippen LogP contribution is 2.71. The molecule has 166 valence electrons. The van der Waals surface area contributed by atoms with Crippen LogP contribution < -0.4 is 0 Å². The summed E-state index contributed by atoms with van der Waals surface area (Å²) in [4.78, 5) is 11.5. The van der Waals surface area contributed by atoms with Crippen molar-refractivity contribution >= 4 is 5.78 Å². The average Bonchev–Trinajstić information content (AvgIpc) is 3.01. The molecule has 29 heavy (non-hydrogen) atoms. The molecule has 4 rings (SSSR count). The van der Waals surface area contributed by atoms with Crippen LogP contribution in [-0.4, -0.2) is 28.2 Å². The van der Waals surface area contributed by atoms with E-state index in [4.69, 9.17) is 0 Å². The number of hydrogen-bond donors (Lipinski definition) is 2. The molecule has 0 aromatic carbocycles. The number of rotatable bonds is 4. The molecule has 3 heteroatoms. The van der Waals surface area contributed by atoms with Gasteiger partial charge < -0.3 is 15.0 Å². The highest BCUT2D eigenvalue weighted by molar-refractivity contribution is 5.75. The lowest BCUT2D eigenvalue weighted by Crippen LogP contribution is -2.61. The Morgan fingerprint density at radius 1 is 1.03 bits per heavy atom. The lowest BCUT2D eigenvalue weighted by Gasteiger charge is -2.66. The summed E-state index contributed by atoms with van der Waals surface area (Å²) >= 11 is 0. The standard InChI is InChI=1S/C26H44O3/c1-16(6-7-17(2)27)20-8-9-21-19-11-12-24(3)15-18(28)10-13-25(24,4)22(19)14-23(29)26(20,21)5/h16,18-23,28-29H,6-15H2,1-5H3/t16-,18-,19+,20-,21+,22+,23+,24-,25-,26-/m1/s1. The maximum atomic E-state index is 11.6. The molecule has 0 amide bonds. The van der Waals surface area contributed by atoms with Crippen molar-refractivity contribution in [2.24, 2.45) is 45.8 Å². The van der Waals surface area contributed by atoms with Gasteiger partial charge in [-0.15, -0.1) is 0 Å². The zero-order valence-electron chi connectivity index (χ0n) is 19.4. The highest BCUT2D eigenvalue weighted by Gasteiger charge is 2.66. The Balaban J connectivity index is 1.59. The molecule has 0 bridgehead atoms. The number of ketones is 1. The minimum Gasteiger partial charge on any atom is -0.393 e. The number of fused-ring (bicyclic) bond motifs is 5. The molecule has 4 aliphatic carbocycles.